The predicted molar refractivity (Wildman–Crippen MR) is 73.0 cm³/mol. The SMILES string of the molecule is COC1CCC(=O)CC1C1OC1CC=C1CCCC1. The van der Waals surface area contributed by atoms with E-state index in [1.807, 2.05) is 0 Å². The van der Waals surface area contributed by atoms with Gasteiger partial charge < -0.3 is 9.47 Å². The number of hydrogen-bond donors (Lipinski definition) is 0. The molecule has 1 heterocycles. The van der Waals surface area contributed by atoms with Gasteiger partial charge in [-0.15, -0.1) is 0 Å². The Labute approximate surface area is 115 Å². The lowest BCUT2D eigenvalue weighted by atomic mass is 9.82. The summed E-state index contributed by atoms with van der Waals surface area (Å²) in [6, 6.07) is 0. The number of Topliss-reactive ketones (excluding diaryl/α,β-unsaturated/α-hetero) is 1. The van der Waals surface area contributed by atoms with Crippen molar-refractivity contribution in [3.8, 4) is 0 Å². The number of ether oxygens (including phenoxy) is 2. The van der Waals surface area contributed by atoms with Gasteiger partial charge in [-0.05, 0) is 38.5 Å². The molecule has 0 radical (unpaired) electrons. The molecule has 3 rings (SSSR count). The van der Waals surface area contributed by atoms with Crippen LogP contribution in [0.5, 0.6) is 0 Å². The summed E-state index contributed by atoms with van der Waals surface area (Å²) in [5, 5.41) is 0. The molecule has 3 fully saturated rings. The maximum Gasteiger partial charge on any atom is 0.133 e. The average molecular weight is 264 g/mol. The summed E-state index contributed by atoms with van der Waals surface area (Å²) >= 11 is 0. The largest absolute Gasteiger partial charge is 0.381 e. The predicted octanol–water partition coefficient (Wildman–Crippen LogP) is 3.03. The molecule has 106 valence electrons. The third-order valence-electron chi connectivity index (χ3n) is 4.88. The molecule has 0 bridgehead atoms. The van der Waals surface area contributed by atoms with E-state index in [0.29, 0.717) is 30.6 Å². The van der Waals surface area contributed by atoms with E-state index in [-0.39, 0.29) is 12.2 Å². The van der Waals surface area contributed by atoms with Crippen molar-refractivity contribution < 1.29 is 14.3 Å². The van der Waals surface area contributed by atoms with Crippen molar-refractivity contribution in [2.75, 3.05) is 7.11 Å². The van der Waals surface area contributed by atoms with Crippen molar-refractivity contribution in [3.63, 3.8) is 0 Å². The molecular formula is C16H24O3. The number of allylic oxidation sites excluding steroid dienone is 1. The number of methoxy groups -OCH3 is 1. The lowest BCUT2D eigenvalue weighted by Crippen LogP contribution is -2.35. The molecular weight excluding hydrogens is 240 g/mol. The van der Waals surface area contributed by atoms with E-state index in [4.69, 9.17) is 9.47 Å². The van der Waals surface area contributed by atoms with Crippen LogP contribution in [0.3, 0.4) is 0 Å². The molecule has 3 heteroatoms. The molecule has 0 amide bonds. The fourth-order valence-corrected chi connectivity index (χ4v) is 3.67. The molecule has 4 atom stereocenters. The minimum Gasteiger partial charge on any atom is -0.381 e. The van der Waals surface area contributed by atoms with Crippen LogP contribution in [0.2, 0.25) is 0 Å². The molecule has 0 spiro atoms. The number of carbonyl (C=O) groups is 1. The zero-order valence-corrected chi connectivity index (χ0v) is 11.8. The van der Waals surface area contributed by atoms with Gasteiger partial charge in [-0.1, -0.05) is 11.6 Å². The van der Waals surface area contributed by atoms with Gasteiger partial charge in [-0.3, -0.25) is 4.79 Å². The van der Waals surface area contributed by atoms with Crippen LogP contribution >= 0.6 is 0 Å². The van der Waals surface area contributed by atoms with Gasteiger partial charge in [0.25, 0.3) is 0 Å². The summed E-state index contributed by atoms with van der Waals surface area (Å²) in [6.07, 6.45) is 11.7. The van der Waals surface area contributed by atoms with Gasteiger partial charge >= 0.3 is 0 Å². The van der Waals surface area contributed by atoms with Crippen LogP contribution < -0.4 is 0 Å². The first kappa shape index (κ1) is 13.3. The van der Waals surface area contributed by atoms with Gasteiger partial charge in [0.2, 0.25) is 0 Å². The summed E-state index contributed by atoms with van der Waals surface area (Å²) < 4.78 is 11.4. The van der Waals surface area contributed by atoms with Crippen molar-refractivity contribution in [2.24, 2.45) is 5.92 Å². The topological polar surface area (TPSA) is 38.8 Å². The van der Waals surface area contributed by atoms with E-state index in [1.165, 1.54) is 25.7 Å². The molecule has 0 aromatic heterocycles. The van der Waals surface area contributed by atoms with E-state index < -0.39 is 0 Å². The zero-order valence-electron chi connectivity index (χ0n) is 11.8. The Hall–Kier alpha value is -0.670. The van der Waals surface area contributed by atoms with Crippen molar-refractivity contribution in [2.45, 2.75) is 69.7 Å². The highest BCUT2D eigenvalue weighted by Crippen LogP contribution is 2.40. The van der Waals surface area contributed by atoms with Gasteiger partial charge in [0.15, 0.2) is 0 Å². The van der Waals surface area contributed by atoms with E-state index in [9.17, 15) is 4.79 Å². The molecule has 0 N–H and O–H groups in total. The molecule has 3 aliphatic rings. The summed E-state index contributed by atoms with van der Waals surface area (Å²) in [5.74, 6) is 0.667. The number of rotatable bonds is 4. The summed E-state index contributed by atoms with van der Waals surface area (Å²) in [7, 11) is 1.76. The van der Waals surface area contributed by atoms with Gasteiger partial charge in [-0.2, -0.15) is 0 Å². The van der Waals surface area contributed by atoms with Gasteiger partial charge in [0.05, 0.1) is 18.3 Å². The molecule has 0 aromatic rings. The van der Waals surface area contributed by atoms with E-state index in [2.05, 4.69) is 6.08 Å². The van der Waals surface area contributed by atoms with Crippen LogP contribution in [0.4, 0.5) is 0 Å². The maximum absolute atomic E-state index is 11.6. The van der Waals surface area contributed by atoms with Crippen molar-refractivity contribution in [3.05, 3.63) is 11.6 Å². The Morgan fingerprint density at radius 3 is 2.84 bits per heavy atom. The fourth-order valence-electron chi connectivity index (χ4n) is 3.67. The molecule has 3 nitrogen and oxygen atoms in total. The smallest absolute Gasteiger partial charge is 0.133 e. The summed E-state index contributed by atoms with van der Waals surface area (Å²) in [5.41, 5.74) is 1.61. The zero-order chi connectivity index (χ0) is 13.2. The first-order chi connectivity index (χ1) is 9.28. The standard InChI is InChI=1S/C16H24O3/c1-18-14-9-7-12(17)10-13(14)16-15(19-16)8-6-11-4-2-3-5-11/h6,13-16H,2-5,7-10H2,1H3. The van der Waals surface area contributed by atoms with Crippen molar-refractivity contribution >= 4 is 5.78 Å². The number of epoxide rings is 1. The van der Waals surface area contributed by atoms with Crippen LogP contribution in [0, 0.1) is 5.92 Å². The highest BCUT2D eigenvalue weighted by Gasteiger charge is 2.49. The number of carbonyl (C=O) groups excluding carboxylic acids is 1. The Kier molecular flexibility index (Phi) is 4.04. The third-order valence-corrected chi connectivity index (χ3v) is 4.88. The van der Waals surface area contributed by atoms with Crippen LogP contribution in [-0.4, -0.2) is 31.2 Å². The first-order valence-electron chi connectivity index (χ1n) is 7.66. The summed E-state index contributed by atoms with van der Waals surface area (Å²) in [4.78, 5) is 11.6. The minimum atomic E-state index is 0.215. The Bertz CT molecular complexity index is 366. The summed E-state index contributed by atoms with van der Waals surface area (Å²) in [6.45, 7) is 0. The Morgan fingerprint density at radius 2 is 2.11 bits per heavy atom. The highest BCUT2D eigenvalue weighted by atomic mass is 16.6. The quantitative estimate of drug-likeness (QED) is 0.578. The van der Waals surface area contributed by atoms with Crippen molar-refractivity contribution in [1.82, 2.24) is 0 Å². The van der Waals surface area contributed by atoms with Crippen LogP contribution in [-0.2, 0) is 14.3 Å². The number of ketones is 1. The lowest BCUT2D eigenvalue weighted by molar-refractivity contribution is -0.125. The molecule has 0 aromatic carbocycles. The normalized spacial score (nSPS) is 38.6. The number of hydrogen-bond acceptors (Lipinski definition) is 3. The average Bonchev–Trinajstić information content (AvgIpc) is 3.01. The fraction of sp³-hybridized carbons (Fsp3) is 0.812. The van der Waals surface area contributed by atoms with Gasteiger partial charge in [0, 0.05) is 25.9 Å². The molecule has 19 heavy (non-hydrogen) atoms. The second-order valence-corrected chi connectivity index (χ2v) is 6.16. The van der Waals surface area contributed by atoms with Gasteiger partial charge in [-0.25, -0.2) is 0 Å². The molecule has 2 saturated carbocycles. The first-order valence-corrected chi connectivity index (χ1v) is 7.66. The monoisotopic (exact) mass is 264 g/mol. The van der Waals surface area contributed by atoms with Crippen LogP contribution in [0.25, 0.3) is 0 Å². The van der Waals surface area contributed by atoms with Gasteiger partial charge in [0.1, 0.15) is 5.78 Å². The van der Waals surface area contributed by atoms with Crippen molar-refractivity contribution in [1.29, 1.82) is 0 Å². The van der Waals surface area contributed by atoms with Crippen LogP contribution in [0.1, 0.15) is 51.4 Å². The van der Waals surface area contributed by atoms with Crippen LogP contribution in [0.15, 0.2) is 11.6 Å². The molecule has 4 unspecified atom stereocenters. The van der Waals surface area contributed by atoms with E-state index >= 15 is 0 Å². The second kappa shape index (κ2) is 5.76. The van der Waals surface area contributed by atoms with E-state index in [0.717, 1.165) is 12.8 Å². The highest BCUT2D eigenvalue weighted by molar-refractivity contribution is 5.79. The molecule has 1 saturated heterocycles. The molecule has 2 aliphatic carbocycles. The Morgan fingerprint density at radius 1 is 1.32 bits per heavy atom. The van der Waals surface area contributed by atoms with E-state index in [1.54, 1.807) is 12.7 Å². The molecule has 1 aliphatic heterocycles. The minimum absolute atomic E-state index is 0.215. The second-order valence-electron chi connectivity index (χ2n) is 6.16. The maximum atomic E-state index is 11.6. The Balaban J connectivity index is 1.52. The lowest BCUT2D eigenvalue weighted by Gasteiger charge is -2.28. The third kappa shape index (κ3) is 3.09.